The van der Waals surface area contributed by atoms with Crippen LogP contribution in [0.25, 0.3) is 0 Å². The summed E-state index contributed by atoms with van der Waals surface area (Å²) >= 11 is 0. The molecule has 21 heteroatoms. The average molecular weight is 1050 g/mol. The first-order valence-corrected chi connectivity index (χ1v) is 21.9. The molecule has 0 atom stereocenters. The molecule has 9 nitrogen and oxygen atoms in total. The summed E-state index contributed by atoms with van der Waals surface area (Å²) in [6, 6.07) is 12.5. The average Bonchev–Trinajstić information content (AvgIpc) is 3.31. The second kappa shape index (κ2) is 29.3. The molecule has 0 amide bonds. The smallest absolute Gasteiger partial charge is 0.433 e. The van der Waals surface area contributed by atoms with Gasteiger partial charge >= 0.3 is 6.18 Å². The van der Waals surface area contributed by atoms with Gasteiger partial charge < -0.3 is 4.74 Å². The Morgan fingerprint density at radius 1 is 0.432 bits per heavy atom. The molecule has 7 aromatic rings. The summed E-state index contributed by atoms with van der Waals surface area (Å²) in [4.78, 5) is 23.3. The van der Waals surface area contributed by atoms with E-state index in [1.165, 1.54) is 52.3 Å². The zero-order valence-electron chi connectivity index (χ0n) is 43.6. The Morgan fingerprint density at radius 3 is 1.35 bits per heavy atom. The highest BCUT2D eigenvalue weighted by Gasteiger charge is 2.34. The molecule has 0 radical (unpaired) electrons. The fourth-order valence-electron chi connectivity index (χ4n) is 5.35. The van der Waals surface area contributed by atoms with Crippen molar-refractivity contribution in [3.63, 3.8) is 0 Å². The zero-order valence-corrected chi connectivity index (χ0v) is 43.6. The Balaban J connectivity index is 0.000000432. The largest absolute Gasteiger partial charge is 0.481 e. The van der Waals surface area contributed by atoms with Crippen LogP contribution in [0.1, 0.15) is 95.1 Å². The van der Waals surface area contributed by atoms with Gasteiger partial charge in [-0.15, -0.1) is 0 Å². The van der Waals surface area contributed by atoms with Crippen molar-refractivity contribution >= 4 is 0 Å². The van der Waals surface area contributed by atoms with Gasteiger partial charge in [-0.05, 0) is 185 Å². The Morgan fingerprint density at radius 2 is 0.905 bits per heavy atom. The molecule has 0 saturated carbocycles. The maximum Gasteiger partial charge on any atom is 0.433 e. The number of hydrogen-bond acceptors (Lipinski definition) is 9. The number of methoxy groups -OCH3 is 1. The van der Waals surface area contributed by atoms with Gasteiger partial charge in [0.15, 0.2) is 5.82 Å². The van der Waals surface area contributed by atoms with Crippen LogP contribution in [0, 0.1) is 169 Å². The Bertz CT molecular complexity index is 2920. The minimum absolute atomic E-state index is 0.0324. The number of ether oxygens (including phenoxy) is 1. The van der Waals surface area contributed by atoms with Gasteiger partial charge in [0.25, 0.3) is 5.95 Å². The Hall–Kier alpha value is -7.50. The zero-order chi connectivity index (χ0) is 57.1. The van der Waals surface area contributed by atoms with Crippen LogP contribution >= 0.6 is 0 Å². The summed E-state index contributed by atoms with van der Waals surface area (Å²) < 4.78 is 154. The third kappa shape index (κ3) is 20.2. The van der Waals surface area contributed by atoms with Gasteiger partial charge in [-0.2, -0.15) is 68.5 Å². The van der Waals surface area contributed by atoms with Crippen molar-refractivity contribution < 1.29 is 57.4 Å². The van der Waals surface area contributed by atoms with Crippen LogP contribution in [0.4, 0.5) is 52.7 Å². The first-order chi connectivity index (χ1) is 34.2. The third-order valence-corrected chi connectivity index (χ3v) is 10.9. The fraction of sp³-hybridized carbons (Fsp3) is 0.321. The lowest BCUT2D eigenvalue weighted by Crippen LogP contribution is -2.10. The highest BCUT2D eigenvalue weighted by atomic mass is 19.4. The Kier molecular flexibility index (Phi) is 25.5. The van der Waals surface area contributed by atoms with Crippen LogP contribution in [0.15, 0.2) is 48.7 Å². The van der Waals surface area contributed by atoms with Crippen LogP contribution in [-0.2, 0) is 6.18 Å². The molecule has 0 unspecified atom stereocenters. The van der Waals surface area contributed by atoms with E-state index in [0.29, 0.717) is 33.7 Å². The van der Waals surface area contributed by atoms with Crippen LogP contribution in [0.3, 0.4) is 0 Å². The standard InChI is InChI=1S/C8H8F3N.C8H7FN2.C8H10FNO.C8H10FN.C7H6F3N.C7H7F2N.C7H8FN/c1-5-3-4-12-7(6(5)2)8(9,10)11;1-5-3-7(4-10)11-8(9)6(5)2;1-5-4-7(9)10-8(11-3)6(5)2;1-5-4-6(2)10-8(9)7(5)3;1-3-4(2)6(9)11-7(10)5(3)8;1-4-3-6(8)10-7(9)5(4)2;1-5-3-4-7(8)9-6(5)2/h3-4H,1-2H3;3H,1-2H3;4H,1-3H3;4H,1-3H3;1-2H3;3H,1-2H3;3-4H,1-2H3. The minimum atomic E-state index is -4.34. The predicted molar refractivity (Wildman–Crippen MR) is 257 cm³/mol. The quantitative estimate of drug-likeness (QED) is 0.117. The molecule has 7 heterocycles. The van der Waals surface area contributed by atoms with Gasteiger partial charge in [-0.1, -0.05) is 6.07 Å². The van der Waals surface area contributed by atoms with Gasteiger partial charge in [-0.3, -0.25) is 4.98 Å². The van der Waals surface area contributed by atoms with E-state index in [0.717, 1.165) is 39.2 Å². The number of rotatable bonds is 1. The number of hydrogen-bond donors (Lipinski definition) is 0. The van der Waals surface area contributed by atoms with E-state index in [-0.39, 0.29) is 28.3 Å². The normalized spacial score (nSPS) is 10.1. The molecule has 0 spiro atoms. The monoisotopic (exact) mass is 1050 g/mol. The number of alkyl halides is 3. The van der Waals surface area contributed by atoms with Crippen molar-refractivity contribution in [2.75, 3.05) is 7.11 Å². The van der Waals surface area contributed by atoms with Crippen molar-refractivity contribution in [1.29, 1.82) is 5.26 Å². The van der Waals surface area contributed by atoms with E-state index in [9.17, 15) is 52.7 Å². The van der Waals surface area contributed by atoms with Gasteiger partial charge in [0, 0.05) is 45.4 Å². The topological polar surface area (TPSA) is 123 Å². The molecule has 0 N–H and O–H groups in total. The number of aryl methyl sites for hydroxylation is 8. The molecule has 0 aliphatic heterocycles. The van der Waals surface area contributed by atoms with Gasteiger partial charge in [0.1, 0.15) is 17.5 Å². The predicted octanol–water partition coefficient (Wildman–Crippen LogP) is 14.3. The molecule has 0 saturated heterocycles. The summed E-state index contributed by atoms with van der Waals surface area (Å²) in [7, 11) is 1.48. The van der Waals surface area contributed by atoms with Crippen molar-refractivity contribution in [2.24, 2.45) is 0 Å². The summed E-state index contributed by atoms with van der Waals surface area (Å²) in [5.74, 6) is -6.35. The number of aromatic nitrogens is 7. The summed E-state index contributed by atoms with van der Waals surface area (Å²) in [5, 5.41) is 8.40. The van der Waals surface area contributed by atoms with E-state index in [1.807, 2.05) is 33.8 Å². The van der Waals surface area contributed by atoms with Crippen molar-refractivity contribution in [1.82, 2.24) is 34.9 Å². The van der Waals surface area contributed by atoms with Crippen LogP contribution in [-0.4, -0.2) is 42.0 Å². The van der Waals surface area contributed by atoms with E-state index < -0.39 is 59.3 Å². The van der Waals surface area contributed by atoms with Crippen molar-refractivity contribution in [3.05, 3.63) is 197 Å². The van der Waals surface area contributed by atoms with E-state index in [4.69, 9.17) is 10.00 Å². The molecular formula is C53H56F12N8O. The molecule has 0 aliphatic rings. The SMILES string of the molecule is COc1nc(F)cc(C)c1C.Cc1c(F)nc(F)c(F)c1C.Cc1cc(C#N)nc(F)c1C.Cc1cc(C)c(C)c(F)n1.Cc1cc(F)nc(F)c1C.Cc1ccc(F)nc1C.Cc1ccnc(C(F)(F)F)c1C. The van der Waals surface area contributed by atoms with Crippen LogP contribution < -0.4 is 4.74 Å². The minimum Gasteiger partial charge on any atom is -0.481 e. The number of nitriles is 1. The summed E-state index contributed by atoms with van der Waals surface area (Å²) in [6.45, 7) is 25.1. The van der Waals surface area contributed by atoms with Crippen LogP contribution in [0.5, 0.6) is 5.88 Å². The molecule has 398 valence electrons. The van der Waals surface area contributed by atoms with Crippen molar-refractivity contribution in [2.45, 2.75) is 110 Å². The van der Waals surface area contributed by atoms with E-state index in [1.54, 1.807) is 79.7 Å². The van der Waals surface area contributed by atoms with Gasteiger partial charge in [0.05, 0.1) is 7.11 Å². The molecule has 0 bridgehead atoms. The van der Waals surface area contributed by atoms with Gasteiger partial charge in [-0.25, -0.2) is 19.3 Å². The number of pyridine rings is 7. The molecule has 7 rings (SSSR count). The second-order valence-electron chi connectivity index (χ2n) is 16.3. The molecule has 0 aromatic carbocycles. The number of halogens is 12. The fourth-order valence-corrected chi connectivity index (χ4v) is 5.35. The van der Waals surface area contributed by atoms with Crippen molar-refractivity contribution in [3.8, 4) is 11.9 Å². The molecule has 0 fully saturated rings. The van der Waals surface area contributed by atoms with E-state index >= 15 is 0 Å². The molecular weight excluding hydrogens is 993 g/mol. The third-order valence-electron chi connectivity index (χ3n) is 10.9. The van der Waals surface area contributed by atoms with Gasteiger partial charge in [0.2, 0.25) is 47.5 Å². The number of nitrogens with zero attached hydrogens (tertiary/aromatic N) is 8. The highest BCUT2D eigenvalue weighted by Crippen LogP contribution is 2.30. The lowest BCUT2D eigenvalue weighted by molar-refractivity contribution is -0.141. The summed E-state index contributed by atoms with van der Waals surface area (Å²) in [5.41, 5.74) is 8.28. The Labute approximate surface area is 422 Å². The van der Waals surface area contributed by atoms with Crippen LogP contribution in [0.2, 0.25) is 0 Å². The molecule has 74 heavy (non-hydrogen) atoms. The first kappa shape index (κ1) is 64.5. The molecule has 0 aliphatic carbocycles. The maximum atomic E-state index is 12.8. The molecule has 7 aromatic heterocycles. The lowest BCUT2D eigenvalue weighted by Gasteiger charge is -2.09. The first-order valence-electron chi connectivity index (χ1n) is 21.9. The second-order valence-corrected chi connectivity index (χ2v) is 16.3. The van der Waals surface area contributed by atoms with E-state index in [2.05, 4.69) is 34.9 Å². The maximum absolute atomic E-state index is 12.8. The summed E-state index contributed by atoms with van der Waals surface area (Å²) in [6.07, 6.45) is -3.17. The highest BCUT2D eigenvalue weighted by molar-refractivity contribution is 5.33. The lowest BCUT2D eigenvalue weighted by atomic mass is 10.1.